The fraction of sp³-hybridized carbons (Fsp3) is 0.176. The van der Waals surface area contributed by atoms with Crippen LogP contribution < -0.4 is 15.5 Å². The summed E-state index contributed by atoms with van der Waals surface area (Å²) >= 11 is 6.14. The Morgan fingerprint density at radius 3 is 2.77 bits per heavy atom. The Balaban J connectivity index is 1.73. The van der Waals surface area contributed by atoms with Crippen LogP contribution >= 0.6 is 11.6 Å². The molecule has 0 aliphatic carbocycles. The van der Waals surface area contributed by atoms with E-state index in [0.29, 0.717) is 28.2 Å². The standard InChI is InChI=1S/C17H18ClN7O/c1-10-5-4-6-11(18)15(10)24-16(26)12-8-19-17(22-12)23-13-7-14(25(2)3)21-9-20-13/h4-9H,1-3H3,(H,24,26)(H2,19,20,21,22,23). The van der Waals surface area contributed by atoms with Crippen LogP contribution in [0.5, 0.6) is 0 Å². The molecule has 3 N–H and O–H groups in total. The summed E-state index contributed by atoms with van der Waals surface area (Å²) in [4.78, 5) is 29.6. The van der Waals surface area contributed by atoms with Gasteiger partial charge in [-0.05, 0) is 18.6 Å². The molecule has 0 aliphatic rings. The summed E-state index contributed by atoms with van der Waals surface area (Å²) in [5, 5.41) is 6.28. The van der Waals surface area contributed by atoms with Crippen LogP contribution in [0, 0.1) is 6.92 Å². The fourth-order valence-electron chi connectivity index (χ4n) is 2.25. The van der Waals surface area contributed by atoms with Gasteiger partial charge in [-0.15, -0.1) is 0 Å². The van der Waals surface area contributed by atoms with Crippen LogP contribution in [-0.2, 0) is 0 Å². The maximum atomic E-state index is 12.4. The zero-order valence-corrected chi connectivity index (χ0v) is 15.3. The molecule has 0 fully saturated rings. The van der Waals surface area contributed by atoms with E-state index in [1.165, 1.54) is 12.5 Å². The minimum absolute atomic E-state index is 0.300. The highest BCUT2D eigenvalue weighted by Gasteiger charge is 2.13. The lowest BCUT2D eigenvalue weighted by Gasteiger charge is -2.11. The zero-order chi connectivity index (χ0) is 18.7. The van der Waals surface area contributed by atoms with Crippen LogP contribution in [0.2, 0.25) is 5.02 Å². The monoisotopic (exact) mass is 371 g/mol. The number of halogens is 1. The van der Waals surface area contributed by atoms with E-state index in [9.17, 15) is 4.79 Å². The Bertz CT molecular complexity index is 918. The molecular weight excluding hydrogens is 354 g/mol. The van der Waals surface area contributed by atoms with Crippen LogP contribution in [0.15, 0.2) is 36.8 Å². The first-order valence-corrected chi connectivity index (χ1v) is 8.19. The minimum atomic E-state index is -0.335. The molecule has 0 atom stereocenters. The molecule has 1 amide bonds. The molecule has 0 saturated heterocycles. The van der Waals surface area contributed by atoms with Crippen molar-refractivity contribution in [1.82, 2.24) is 19.9 Å². The molecule has 0 aliphatic heterocycles. The number of aryl methyl sites for hydroxylation is 1. The number of benzene rings is 1. The number of carbonyl (C=O) groups is 1. The lowest BCUT2D eigenvalue weighted by Crippen LogP contribution is -2.13. The molecule has 2 aromatic heterocycles. The van der Waals surface area contributed by atoms with Gasteiger partial charge < -0.3 is 20.5 Å². The van der Waals surface area contributed by atoms with Gasteiger partial charge >= 0.3 is 0 Å². The highest BCUT2D eigenvalue weighted by Crippen LogP contribution is 2.25. The molecule has 0 saturated carbocycles. The summed E-state index contributed by atoms with van der Waals surface area (Å²) < 4.78 is 0. The van der Waals surface area contributed by atoms with Crippen LogP contribution in [0.3, 0.4) is 0 Å². The lowest BCUT2D eigenvalue weighted by atomic mass is 10.2. The Labute approximate surface area is 155 Å². The summed E-state index contributed by atoms with van der Waals surface area (Å²) in [5.41, 5.74) is 1.75. The number of para-hydroxylation sites is 1. The van der Waals surface area contributed by atoms with Gasteiger partial charge in [-0.25, -0.2) is 15.0 Å². The fourth-order valence-corrected chi connectivity index (χ4v) is 2.52. The van der Waals surface area contributed by atoms with Gasteiger partial charge in [-0.3, -0.25) is 4.79 Å². The van der Waals surface area contributed by atoms with Crippen LogP contribution in [0.4, 0.5) is 23.3 Å². The molecule has 0 bridgehead atoms. The number of hydrogen-bond donors (Lipinski definition) is 3. The van der Waals surface area contributed by atoms with Crippen LogP contribution in [0.1, 0.15) is 16.1 Å². The van der Waals surface area contributed by atoms with Gasteiger partial charge in [-0.2, -0.15) is 0 Å². The van der Waals surface area contributed by atoms with Gasteiger partial charge in [0.1, 0.15) is 23.7 Å². The first-order chi connectivity index (χ1) is 12.4. The summed E-state index contributed by atoms with van der Waals surface area (Å²) in [5.74, 6) is 1.38. The van der Waals surface area contributed by atoms with Crippen molar-refractivity contribution >= 4 is 40.8 Å². The summed E-state index contributed by atoms with van der Waals surface area (Å²) in [7, 11) is 3.77. The third kappa shape index (κ3) is 3.92. The summed E-state index contributed by atoms with van der Waals surface area (Å²) in [6.45, 7) is 1.87. The smallest absolute Gasteiger partial charge is 0.273 e. The van der Waals surface area contributed by atoms with Crippen molar-refractivity contribution in [3.8, 4) is 0 Å². The Kier molecular flexibility index (Phi) is 5.04. The van der Waals surface area contributed by atoms with E-state index in [4.69, 9.17) is 11.6 Å². The van der Waals surface area contributed by atoms with E-state index in [1.54, 1.807) is 12.1 Å². The van der Waals surface area contributed by atoms with E-state index in [-0.39, 0.29) is 5.91 Å². The molecule has 134 valence electrons. The SMILES string of the molecule is Cc1cccc(Cl)c1NC(=O)c1cnc(Nc2cc(N(C)C)ncn2)[nH]1. The van der Waals surface area contributed by atoms with Crippen molar-refractivity contribution < 1.29 is 4.79 Å². The third-order valence-corrected chi connectivity index (χ3v) is 3.95. The number of nitrogens with zero attached hydrogens (tertiary/aromatic N) is 4. The molecule has 9 heteroatoms. The molecule has 0 spiro atoms. The second kappa shape index (κ2) is 7.40. The highest BCUT2D eigenvalue weighted by molar-refractivity contribution is 6.34. The topological polar surface area (TPSA) is 98.8 Å². The summed E-state index contributed by atoms with van der Waals surface area (Å²) in [6, 6.07) is 7.20. The van der Waals surface area contributed by atoms with Gasteiger partial charge in [0.25, 0.3) is 5.91 Å². The minimum Gasteiger partial charge on any atom is -0.363 e. The second-order valence-corrected chi connectivity index (χ2v) is 6.22. The number of amides is 1. The number of anilines is 4. The van der Waals surface area contributed by atoms with Crippen molar-refractivity contribution in [1.29, 1.82) is 0 Å². The van der Waals surface area contributed by atoms with Crippen molar-refractivity contribution in [2.24, 2.45) is 0 Å². The van der Waals surface area contributed by atoms with Crippen LogP contribution in [-0.4, -0.2) is 39.9 Å². The van der Waals surface area contributed by atoms with E-state index < -0.39 is 0 Å². The maximum Gasteiger partial charge on any atom is 0.273 e. The molecule has 26 heavy (non-hydrogen) atoms. The Morgan fingerprint density at radius 1 is 1.23 bits per heavy atom. The lowest BCUT2D eigenvalue weighted by molar-refractivity contribution is 0.102. The molecule has 2 heterocycles. The Hall–Kier alpha value is -3.13. The predicted molar refractivity (Wildman–Crippen MR) is 102 cm³/mol. The molecule has 8 nitrogen and oxygen atoms in total. The molecule has 0 radical (unpaired) electrons. The average Bonchev–Trinajstić information content (AvgIpc) is 3.07. The quantitative estimate of drug-likeness (QED) is 0.637. The third-order valence-electron chi connectivity index (χ3n) is 3.64. The molecular formula is C17H18ClN7O. The van der Waals surface area contributed by atoms with Gasteiger partial charge in [0.05, 0.1) is 16.9 Å². The van der Waals surface area contributed by atoms with Gasteiger partial charge in [0.2, 0.25) is 5.95 Å². The first-order valence-electron chi connectivity index (χ1n) is 7.82. The van der Waals surface area contributed by atoms with Crippen molar-refractivity contribution in [2.45, 2.75) is 6.92 Å². The highest BCUT2D eigenvalue weighted by atomic mass is 35.5. The van der Waals surface area contributed by atoms with Gasteiger partial charge in [0, 0.05) is 20.2 Å². The largest absolute Gasteiger partial charge is 0.363 e. The maximum absolute atomic E-state index is 12.4. The van der Waals surface area contributed by atoms with Crippen molar-refractivity contribution in [2.75, 3.05) is 29.6 Å². The van der Waals surface area contributed by atoms with Crippen molar-refractivity contribution in [3.05, 3.63) is 53.1 Å². The summed E-state index contributed by atoms with van der Waals surface area (Å²) in [6.07, 6.45) is 2.90. The zero-order valence-electron chi connectivity index (χ0n) is 14.5. The van der Waals surface area contributed by atoms with Gasteiger partial charge in [-0.1, -0.05) is 23.7 Å². The predicted octanol–water partition coefficient (Wildman–Crippen LogP) is 3.22. The van der Waals surface area contributed by atoms with Gasteiger partial charge in [0.15, 0.2) is 0 Å². The van der Waals surface area contributed by atoms with E-state index in [0.717, 1.165) is 11.4 Å². The normalized spacial score (nSPS) is 10.5. The van der Waals surface area contributed by atoms with Crippen molar-refractivity contribution in [3.63, 3.8) is 0 Å². The number of nitrogens with one attached hydrogen (secondary N) is 3. The van der Waals surface area contributed by atoms with E-state index >= 15 is 0 Å². The van der Waals surface area contributed by atoms with Crippen LogP contribution in [0.25, 0.3) is 0 Å². The molecule has 3 rings (SSSR count). The molecule has 0 unspecified atom stereocenters. The number of aromatic amines is 1. The molecule has 1 aromatic carbocycles. The molecule has 3 aromatic rings. The number of carbonyl (C=O) groups excluding carboxylic acids is 1. The number of aromatic nitrogens is 4. The van der Waals surface area contributed by atoms with E-state index in [1.807, 2.05) is 38.1 Å². The number of H-pyrrole nitrogens is 1. The second-order valence-electron chi connectivity index (χ2n) is 5.81. The number of imidazole rings is 1. The number of hydrogen-bond acceptors (Lipinski definition) is 6. The Morgan fingerprint density at radius 2 is 2.04 bits per heavy atom. The number of rotatable bonds is 5. The first kappa shape index (κ1) is 17.7. The average molecular weight is 372 g/mol. The van der Waals surface area contributed by atoms with E-state index in [2.05, 4.69) is 30.6 Å².